The fourth-order valence-corrected chi connectivity index (χ4v) is 2.67. The number of carbonyl (C=O) groups is 1. The third-order valence-electron chi connectivity index (χ3n) is 4.18. The molecule has 3 aromatic rings. The molecule has 1 amide bonds. The summed E-state index contributed by atoms with van der Waals surface area (Å²) in [6.45, 7) is 3.68. The Hall–Kier alpha value is -2.79. The van der Waals surface area contributed by atoms with E-state index in [2.05, 4.69) is 10.3 Å². The van der Waals surface area contributed by atoms with Gasteiger partial charge in [-0.25, -0.2) is 4.39 Å². The molecule has 0 aliphatic rings. The highest BCUT2D eigenvalue weighted by Crippen LogP contribution is 2.22. The first kappa shape index (κ1) is 17.0. The topological polar surface area (TPSA) is 51.2 Å². The van der Waals surface area contributed by atoms with E-state index in [9.17, 15) is 9.18 Å². The van der Waals surface area contributed by atoms with Crippen molar-refractivity contribution < 1.29 is 13.9 Å². The quantitative estimate of drug-likeness (QED) is 0.754. The van der Waals surface area contributed by atoms with Gasteiger partial charge in [0.2, 0.25) is 0 Å². The van der Waals surface area contributed by atoms with Crippen molar-refractivity contribution in [2.75, 3.05) is 12.4 Å². The molecule has 0 aliphatic carbocycles. The number of anilines is 1. The van der Waals surface area contributed by atoms with Gasteiger partial charge in [-0.3, -0.25) is 9.78 Å². The van der Waals surface area contributed by atoms with Crippen molar-refractivity contribution in [3.8, 4) is 0 Å². The number of pyridine rings is 1. The van der Waals surface area contributed by atoms with Crippen molar-refractivity contribution in [2.45, 2.75) is 20.0 Å². The molecule has 2 aromatic carbocycles. The number of hydrogen-bond donors (Lipinski definition) is 1. The fraction of sp³-hybridized carbons (Fsp3) is 0.200. The highest BCUT2D eigenvalue weighted by molar-refractivity contribution is 6.06. The first-order valence-electron chi connectivity index (χ1n) is 7.99. The first-order valence-corrected chi connectivity index (χ1v) is 7.99. The molecular weight excluding hydrogens is 319 g/mol. The van der Waals surface area contributed by atoms with Crippen LogP contribution in [0.25, 0.3) is 10.9 Å². The summed E-state index contributed by atoms with van der Waals surface area (Å²) in [7, 11) is 1.64. The van der Waals surface area contributed by atoms with Crippen LogP contribution in [0.5, 0.6) is 0 Å². The Morgan fingerprint density at radius 1 is 1.20 bits per heavy atom. The number of rotatable bonds is 4. The number of hydrogen-bond acceptors (Lipinski definition) is 3. The van der Waals surface area contributed by atoms with Gasteiger partial charge in [0.15, 0.2) is 0 Å². The molecule has 5 heteroatoms. The lowest BCUT2D eigenvalue weighted by Crippen LogP contribution is -2.14. The number of halogens is 1. The Bertz CT molecular complexity index is 940. The molecule has 1 N–H and O–H groups in total. The SMILES string of the molecule is COC(C)c1cccc(NC(=O)c2cc3ccc(F)cc3nc2C)c1. The van der Waals surface area contributed by atoms with E-state index in [0.717, 1.165) is 10.9 Å². The Morgan fingerprint density at radius 2 is 2.00 bits per heavy atom. The number of carbonyl (C=O) groups excluding carboxylic acids is 1. The van der Waals surface area contributed by atoms with Crippen LogP contribution in [0.4, 0.5) is 10.1 Å². The maximum absolute atomic E-state index is 13.3. The summed E-state index contributed by atoms with van der Waals surface area (Å²) < 4.78 is 18.6. The Morgan fingerprint density at radius 3 is 2.76 bits per heavy atom. The van der Waals surface area contributed by atoms with E-state index in [4.69, 9.17) is 4.74 Å². The average Bonchev–Trinajstić information content (AvgIpc) is 2.60. The minimum Gasteiger partial charge on any atom is -0.377 e. The van der Waals surface area contributed by atoms with Gasteiger partial charge in [0, 0.05) is 24.2 Å². The number of aromatic nitrogens is 1. The van der Waals surface area contributed by atoms with Crippen LogP contribution in [0, 0.1) is 12.7 Å². The Labute approximate surface area is 145 Å². The third-order valence-corrected chi connectivity index (χ3v) is 4.18. The predicted molar refractivity (Wildman–Crippen MR) is 96.3 cm³/mol. The number of amides is 1. The summed E-state index contributed by atoms with van der Waals surface area (Å²) in [6, 6.07) is 13.6. The van der Waals surface area contributed by atoms with Gasteiger partial charge >= 0.3 is 0 Å². The first-order chi connectivity index (χ1) is 12.0. The van der Waals surface area contributed by atoms with Gasteiger partial charge in [0.05, 0.1) is 22.9 Å². The molecule has 0 saturated heterocycles. The maximum Gasteiger partial charge on any atom is 0.257 e. The van der Waals surface area contributed by atoms with Crippen LogP contribution in [-0.4, -0.2) is 18.0 Å². The largest absolute Gasteiger partial charge is 0.377 e. The zero-order valence-corrected chi connectivity index (χ0v) is 14.3. The normalized spacial score (nSPS) is 12.2. The van der Waals surface area contributed by atoms with Crippen LogP contribution in [0.3, 0.4) is 0 Å². The van der Waals surface area contributed by atoms with E-state index in [-0.39, 0.29) is 17.8 Å². The molecule has 1 aromatic heterocycles. The maximum atomic E-state index is 13.3. The van der Waals surface area contributed by atoms with Gasteiger partial charge in [-0.2, -0.15) is 0 Å². The molecule has 1 atom stereocenters. The third kappa shape index (κ3) is 3.67. The van der Waals surface area contributed by atoms with Crippen LogP contribution >= 0.6 is 0 Å². The summed E-state index contributed by atoms with van der Waals surface area (Å²) in [6.07, 6.45) is -0.0594. The number of benzene rings is 2. The summed E-state index contributed by atoms with van der Waals surface area (Å²) in [5.41, 5.74) is 3.21. The number of fused-ring (bicyclic) bond motifs is 1. The van der Waals surface area contributed by atoms with Crippen molar-refractivity contribution in [1.82, 2.24) is 4.98 Å². The van der Waals surface area contributed by atoms with Gasteiger partial charge in [-0.1, -0.05) is 12.1 Å². The van der Waals surface area contributed by atoms with E-state index < -0.39 is 0 Å². The molecule has 4 nitrogen and oxygen atoms in total. The van der Waals surface area contributed by atoms with Crippen LogP contribution in [0.1, 0.15) is 34.6 Å². The number of nitrogens with one attached hydrogen (secondary N) is 1. The average molecular weight is 338 g/mol. The molecule has 1 unspecified atom stereocenters. The van der Waals surface area contributed by atoms with Crippen molar-refractivity contribution in [1.29, 1.82) is 0 Å². The van der Waals surface area contributed by atoms with Crippen LogP contribution in [0.15, 0.2) is 48.5 Å². The smallest absolute Gasteiger partial charge is 0.257 e. The molecule has 3 rings (SSSR count). The number of aryl methyl sites for hydroxylation is 1. The van der Waals surface area contributed by atoms with Crippen molar-refractivity contribution in [3.05, 3.63) is 71.2 Å². The van der Waals surface area contributed by atoms with Gasteiger partial charge in [-0.05, 0) is 49.7 Å². The molecular formula is C20H19FN2O2. The zero-order valence-electron chi connectivity index (χ0n) is 14.3. The fourth-order valence-electron chi connectivity index (χ4n) is 2.67. The van der Waals surface area contributed by atoms with Crippen molar-refractivity contribution in [2.24, 2.45) is 0 Å². The van der Waals surface area contributed by atoms with Crippen molar-refractivity contribution in [3.63, 3.8) is 0 Å². The van der Waals surface area contributed by atoms with Gasteiger partial charge in [0.25, 0.3) is 5.91 Å². The summed E-state index contributed by atoms with van der Waals surface area (Å²) in [5, 5.41) is 3.61. The van der Waals surface area contributed by atoms with Crippen LogP contribution < -0.4 is 5.32 Å². The number of methoxy groups -OCH3 is 1. The molecule has 25 heavy (non-hydrogen) atoms. The predicted octanol–water partition coefficient (Wildman–Crippen LogP) is 4.64. The summed E-state index contributed by atoms with van der Waals surface area (Å²) in [4.78, 5) is 17.0. The highest BCUT2D eigenvalue weighted by atomic mass is 19.1. The molecule has 0 spiro atoms. The molecule has 0 aliphatic heterocycles. The van der Waals surface area contributed by atoms with E-state index in [1.54, 1.807) is 26.2 Å². The zero-order chi connectivity index (χ0) is 18.0. The van der Waals surface area contributed by atoms with Gasteiger partial charge < -0.3 is 10.1 Å². The van der Waals surface area contributed by atoms with Crippen LogP contribution in [-0.2, 0) is 4.74 Å². The second-order valence-corrected chi connectivity index (χ2v) is 5.92. The van der Waals surface area contributed by atoms with Crippen molar-refractivity contribution >= 4 is 22.5 Å². The highest BCUT2D eigenvalue weighted by Gasteiger charge is 2.13. The Kier molecular flexibility index (Phi) is 4.76. The second-order valence-electron chi connectivity index (χ2n) is 5.92. The van der Waals surface area contributed by atoms with Crippen LogP contribution in [0.2, 0.25) is 0 Å². The molecule has 0 saturated carbocycles. The lowest BCUT2D eigenvalue weighted by atomic mass is 10.1. The molecule has 128 valence electrons. The van der Waals surface area contributed by atoms with Gasteiger partial charge in [0.1, 0.15) is 5.82 Å². The second kappa shape index (κ2) is 6.99. The molecule has 0 fully saturated rings. The lowest BCUT2D eigenvalue weighted by molar-refractivity contribution is 0.102. The number of nitrogens with zero attached hydrogens (tertiary/aromatic N) is 1. The van der Waals surface area contributed by atoms with E-state index in [1.807, 2.05) is 31.2 Å². The summed E-state index contributed by atoms with van der Waals surface area (Å²) in [5.74, 6) is -0.598. The Balaban J connectivity index is 1.90. The van der Waals surface area contributed by atoms with E-state index >= 15 is 0 Å². The summed E-state index contributed by atoms with van der Waals surface area (Å²) >= 11 is 0. The molecule has 0 bridgehead atoms. The minimum atomic E-state index is -0.347. The lowest BCUT2D eigenvalue weighted by Gasteiger charge is -2.13. The molecule has 1 heterocycles. The standard InChI is InChI=1S/C20H19FN2O2/c1-12-18(10-15-7-8-16(21)11-19(15)22-12)20(24)23-17-6-4-5-14(9-17)13(2)25-3/h4-11,13H,1-3H3,(H,23,24). The minimum absolute atomic E-state index is 0.0594. The molecule has 0 radical (unpaired) electrons. The van der Waals surface area contributed by atoms with E-state index in [1.165, 1.54) is 12.1 Å². The van der Waals surface area contributed by atoms with E-state index in [0.29, 0.717) is 22.5 Å². The number of ether oxygens (including phenoxy) is 1. The van der Waals surface area contributed by atoms with Gasteiger partial charge in [-0.15, -0.1) is 0 Å². The monoisotopic (exact) mass is 338 g/mol.